The Labute approximate surface area is 84.3 Å². The van der Waals surface area contributed by atoms with Crippen LogP contribution in [0.4, 0.5) is 0 Å². The number of hydrogen-bond acceptors (Lipinski definition) is 2. The van der Waals surface area contributed by atoms with Crippen LogP contribution >= 0.6 is 0 Å². The SMILES string of the molecule is CC1=N[C@@H](c2ccccc2)C[C@@H](O)C1. The van der Waals surface area contributed by atoms with Crippen molar-refractivity contribution in [1.82, 2.24) is 0 Å². The predicted molar refractivity (Wildman–Crippen MR) is 57.5 cm³/mol. The summed E-state index contributed by atoms with van der Waals surface area (Å²) in [6, 6.07) is 10.3. The van der Waals surface area contributed by atoms with Crippen molar-refractivity contribution in [3.63, 3.8) is 0 Å². The van der Waals surface area contributed by atoms with Crippen LogP contribution < -0.4 is 0 Å². The molecule has 1 N–H and O–H groups in total. The van der Waals surface area contributed by atoms with E-state index < -0.39 is 0 Å². The molecular weight excluding hydrogens is 174 g/mol. The van der Waals surface area contributed by atoms with Crippen LogP contribution in [-0.2, 0) is 0 Å². The van der Waals surface area contributed by atoms with Gasteiger partial charge in [-0.2, -0.15) is 0 Å². The van der Waals surface area contributed by atoms with Crippen LogP contribution in [-0.4, -0.2) is 16.9 Å². The fraction of sp³-hybridized carbons (Fsp3) is 0.417. The van der Waals surface area contributed by atoms with E-state index >= 15 is 0 Å². The van der Waals surface area contributed by atoms with E-state index in [1.165, 1.54) is 5.56 Å². The van der Waals surface area contributed by atoms with Crippen molar-refractivity contribution in [3.8, 4) is 0 Å². The van der Waals surface area contributed by atoms with Gasteiger partial charge >= 0.3 is 0 Å². The second kappa shape index (κ2) is 3.93. The molecule has 2 heteroatoms. The summed E-state index contributed by atoms with van der Waals surface area (Å²) in [5.41, 5.74) is 2.25. The van der Waals surface area contributed by atoms with Crippen molar-refractivity contribution >= 4 is 5.71 Å². The number of aliphatic hydroxyl groups excluding tert-OH is 1. The smallest absolute Gasteiger partial charge is 0.0773 e. The molecule has 1 aliphatic rings. The third-order valence-electron chi connectivity index (χ3n) is 2.59. The molecule has 0 aliphatic carbocycles. The van der Waals surface area contributed by atoms with Gasteiger partial charge in [0.1, 0.15) is 0 Å². The highest BCUT2D eigenvalue weighted by molar-refractivity contribution is 5.83. The molecule has 0 radical (unpaired) electrons. The van der Waals surface area contributed by atoms with Crippen LogP contribution in [0.2, 0.25) is 0 Å². The summed E-state index contributed by atoms with van der Waals surface area (Å²) in [5.74, 6) is 0. The molecule has 74 valence electrons. The third-order valence-corrected chi connectivity index (χ3v) is 2.59. The first-order valence-electron chi connectivity index (χ1n) is 5.02. The predicted octanol–water partition coefficient (Wildman–Crippen LogP) is 2.34. The van der Waals surface area contributed by atoms with Gasteiger partial charge < -0.3 is 5.11 Å². The molecule has 1 aromatic rings. The van der Waals surface area contributed by atoms with Crippen molar-refractivity contribution in [2.24, 2.45) is 4.99 Å². The molecule has 0 aromatic heterocycles. The van der Waals surface area contributed by atoms with E-state index in [0.29, 0.717) is 0 Å². The quantitative estimate of drug-likeness (QED) is 0.722. The maximum absolute atomic E-state index is 9.63. The van der Waals surface area contributed by atoms with Crippen LogP contribution in [0.3, 0.4) is 0 Å². The molecule has 1 heterocycles. The minimum Gasteiger partial charge on any atom is -0.393 e. The lowest BCUT2D eigenvalue weighted by Gasteiger charge is -2.23. The Morgan fingerprint density at radius 1 is 1.29 bits per heavy atom. The minimum atomic E-state index is -0.224. The lowest BCUT2D eigenvalue weighted by Crippen LogP contribution is -2.20. The van der Waals surface area contributed by atoms with Crippen LogP contribution in [0.1, 0.15) is 31.4 Å². The highest BCUT2D eigenvalue weighted by Crippen LogP contribution is 2.27. The first-order chi connectivity index (χ1) is 6.75. The topological polar surface area (TPSA) is 32.6 Å². The minimum absolute atomic E-state index is 0.153. The number of benzene rings is 1. The largest absolute Gasteiger partial charge is 0.393 e. The van der Waals surface area contributed by atoms with Crippen LogP contribution in [0, 0.1) is 0 Å². The van der Waals surface area contributed by atoms with Crippen molar-refractivity contribution in [3.05, 3.63) is 35.9 Å². The Kier molecular flexibility index (Phi) is 2.64. The Balaban J connectivity index is 2.23. The summed E-state index contributed by atoms with van der Waals surface area (Å²) < 4.78 is 0. The molecule has 2 nitrogen and oxygen atoms in total. The van der Waals surface area contributed by atoms with E-state index in [4.69, 9.17) is 0 Å². The molecule has 1 aliphatic heterocycles. The Morgan fingerprint density at radius 2 is 2.00 bits per heavy atom. The monoisotopic (exact) mass is 189 g/mol. The molecule has 2 atom stereocenters. The molecule has 0 saturated carbocycles. The van der Waals surface area contributed by atoms with E-state index in [-0.39, 0.29) is 12.1 Å². The zero-order valence-electron chi connectivity index (χ0n) is 8.35. The number of hydrogen-bond donors (Lipinski definition) is 1. The average Bonchev–Trinajstić information content (AvgIpc) is 2.18. The van der Waals surface area contributed by atoms with Crippen LogP contribution in [0.5, 0.6) is 0 Å². The van der Waals surface area contributed by atoms with Crippen molar-refractivity contribution in [1.29, 1.82) is 0 Å². The molecule has 0 fully saturated rings. The summed E-state index contributed by atoms with van der Waals surface area (Å²) in [7, 11) is 0. The molecule has 0 spiro atoms. The first-order valence-corrected chi connectivity index (χ1v) is 5.02. The highest BCUT2D eigenvalue weighted by Gasteiger charge is 2.20. The summed E-state index contributed by atoms with van der Waals surface area (Å²) in [5, 5.41) is 9.63. The Bertz CT molecular complexity index is 331. The van der Waals surface area contributed by atoms with Gasteiger partial charge in [-0.05, 0) is 12.5 Å². The molecule has 14 heavy (non-hydrogen) atoms. The van der Waals surface area contributed by atoms with Gasteiger partial charge in [-0.3, -0.25) is 4.99 Å². The molecule has 0 amide bonds. The fourth-order valence-electron chi connectivity index (χ4n) is 1.94. The summed E-state index contributed by atoms with van der Waals surface area (Å²) in [6.07, 6.45) is 1.25. The van der Waals surface area contributed by atoms with Crippen LogP contribution in [0.25, 0.3) is 0 Å². The maximum atomic E-state index is 9.63. The molecular formula is C12H15NO. The Hall–Kier alpha value is -1.15. The average molecular weight is 189 g/mol. The molecule has 1 aromatic carbocycles. The van der Waals surface area contributed by atoms with E-state index in [0.717, 1.165) is 18.6 Å². The van der Waals surface area contributed by atoms with Crippen molar-refractivity contribution in [2.75, 3.05) is 0 Å². The van der Waals surface area contributed by atoms with E-state index in [9.17, 15) is 5.11 Å². The summed E-state index contributed by atoms with van der Waals surface area (Å²) in [6.45, 7) is 1.98. The lowest BCUT2D eigenvalue weighted by molar-refractivity contribution is 0.157. The standard InChI is InChI=1S/C12H15NO/c1-9-7-11(14)8-12(13-9)10-5-3-2-4-6-10/h2-6,11-12,14H,7-8H2,1H3/t11-,12+/m0/s1. The van der Waals surface area contributed by atoms with Gasteiger partial charge in [-0.15, -0.1) is 0 Å². The first kappa shape index (κ1) is 9.41. The van der Waals surface area contributed by atoms with Crippen LogP contribution in [0.15, 0.2) is 35.3 Å². The molecule has 0 saturated heterocycles. The number of aliphatic hydroxyl groups is 1. The fourth-order valence-corrected chi connectivity index (χ4v) is 1.94. The molecule has 2 rings (SSSR count). The number of rotatable bonds is 1. The third kappa shape index (κ3) is 2.02. The zero-order valence-corrected chi connectivity index (χ0v) is 8.35. The van der Waals surface area contributed by atoms with Gasteiger partial charge in [0.05, 0.1) is 12.1 Å². The second-order valence-corrected chi connectivity index (χ2v) is 3.88. The second-order valence-electron chi connectivity index (χ2n) is 3.88. The lowest BCUT2D eigenvalue weighted by atomic mass is 9.95. The van der Waals surface area contributed by atoms with E-state index in [2.05, 4.69) is 17.1 Å². The number of aliphatic imine (C=N–C) groups is 1. The summed E-state index contributed by atoms with van der Waals surface area (Å²) in [4.78, 5) is 4.56. The Morgan fingerprint density at radius 3 is 2.64 bits per heavy atom. The maximum Gasteiger partial charge on any atom is 0.0773 e. The van der Waals surface area contributed by atoms with Crippen molar-refractivity contribution < 1.29 is 5.11 Å². The van der Waals surface area contributed by atoms with Gasteiger partial charge in [0.2, 0.25) is 0 Å². The van der Waals surface area contributed by atoms with Gasteiger partial charge in [-0.25, -0.2) is 0 Å². The normalized spacial score (nSPS) is 27.1. The van der Waals surface area contributed by atoms with E-state index in [1.54, 1.807) is 0 Å². The molecule has 0 unspecified atom stereocenters. The van der Waals surface area contributed by atoms with E-state index in [1.807, 2.05) is 25.1 Å². The van der Waals surface area contributed by atoms with Gasteiger partial charge in [0, 0.05) is 18.6 Å². The molecule has 0 bridgehead atoms. The number of nitrogens with zero attached hydrogens (tertiary/aromatic N) is 1. The highest BCUT2D eigenvalue weighted by atomic mass is 16.3. The van der Waals surface area contributed by atoms with Gasteiger partial charge in [0.15, 0.2) is 0 Å². The summed E-state index contributed by atoms with van der Waals surface area (Å²) >= 11 is 0. The zero-order chi connectivity index (χ0) is 9.97. The van der Waals surface area contributed by atoms with Gasteiger partial charge in [0.25, 0.3) is 0 Å². The van der Waals surface area contributed by atoms with Gasteiger partial charge in [-0.1, -0.05) is 30.3 Å². The van der Waals surface area contributed by atoms with Crippen molar-refractivity contribution in [2.45, 2.75) is 31.9 Å².